The quantitative estimate of drug-likeness (QED) is 0.725. The molecule has 0 saturated carbocycles. The predicted molar refractivity (Wildman–Crippen MR) is 77.0 cm³/mol. The van der Waals surface area contributed by atoms with Crippen molar-refractivity contribution >= 4 is 11.3 Å². The van der Waals surface area contributed by atoms with Crippen molar-refractivity contribution in [1.29, 1.82) is 0 Å². The zero-order valence-corrected chi connectivity index (χ0v) is 12.4. The second-order valence-corrected chi connectivity index (χ2v) is 5.93. The van der Waals surface area contributed by atoms with Gasteiger partial charge in [0, 0.05) is 17.0 Å². The Balaban J connectivity index is 2.15. The number of ether oxygens (including phenoxy) is 1. The molecule has 1 rings (SSSR count). The molecule has 0 spiro atoms. The average Bonchev–Trinajstić information content (AvgIpc) is 2.89. The fraction of sp³-hybridized carbons (Fsp3) is 0.714. The zero-order valence-electron chi connectivity index (χ0n) is 11.6. The van der Waals surface area contributed by atoms with Gasteiger partial charge in [-0.15, -0.1) is 11.3 Å². The van der Waals surface area contributed by atoms with Crippen LogP contribution in [0.1, 0.15) is 38.5 Å². The van der Waals surface area contributed by atoms with Crippen LogP contribution in [-0.2, 0) is 11.3 Å². The summed E-state index contributed by atoms with van der Waals surface area (Å²) in [4.78, 5) is 1.20. The number of aliphatic hydroxyl groups excluding tert-OH is 1. The van der Waals surface area contributed by atoms with Gasteiger partial charge in [0.05, 0.1) is 19.3 Å². The molecule has 0 fully saturated rings. The maximum Gasteiger partial charge on any atom is 0.0898 e. The van der Waals surface area contributed by atoms with Crippen LogP contribution in [-0.4, -0.2) is 29.9 Å². The highest BCUT2D eigenvalue weighted by Crippen LogP contribution is 2.13. The molecule has 0 aromatic carbocycles. The molecule has 1 atom stereocenters. The van der Waals surface area contributed by atoms with Crippen LogP contribution in [0.2, 0.25) is 0 Å². The smallest absolute Gasteiger partial charge is 0.0898 e. The Morgan fingerprint density at radius 2 is 2.17 bits per heavy atom. The Kier molecular flexibility index (Phi) is 6.86. The van der Waals surface area contributed by atoms with Crippen molar-refractivity contribution in [2.75, 3.05) is 13.2 Å². The lowest BCUT2D eigenvalue weighted by Gasteiger charge is -2.29. The Morgan fingerprint density at radius 3 is 2.72 bits per heavy atom. The monoisotopic (exact) mass is 271 g/mol. The topological polar surface area (TPSA) is 41.5 Å². The van der Waals surface area contributed by atoms with Crippen molar-refractivity contribution in [3.8, 4) is 0 Å². The molecule has 0 saturated heterocycles. The molecule has 0 aliphatic rings. The second-order valence-electron chi connectivity index (χ2n) is 4.90. The molecule has 4 heteroatoms. The molecule has 1 heterocycles. The zero-order chi connectivity index (χ0) is 13.4. The molecule has 0 aliphatic carbocycles. The summed E-state index contributed by atoms with van der Waals surface area (Å²) in [6.45, 7) is 8.07. The lowest BCUT2D eigenvalue weighted by atomic mass is 9.95. The first kappa shape index (κ1) is 15.6. The fourth-order valence-electron chi connectivity index (χ4n) is 1.61. The van der Waals surface area contributed by atoms with E-state index in [1.165, 1.54) is 4.88 Å². The van der Waals surface area contributed by atoms with E-state index in [9.17, 15) is 5.11 Å². The van der Waals surface area contributed by atoms with E-state index in [1.807, 2.05) is 17.5 Å². The Bertz CT molecular complexity index is 310. The molecular weight excluding hydrogens is 246 g/mol. The van der Waals surface area contributed by atoms with Gasteiger partial charge in [0.1, 0.15) is 0 Å². The number of thiophene rings is 1. The first-order valence-electron chi connectivity index (χ1n) is 6.63. The number of nitrogens with one attached hydrogen (secondary N) is 1. The van der Waals surface area contributed by atoms with Crippen LogP contribution in [0.4, 0.5) is 0 Å². The average molecular weight is 271 g/mol. The summed E-state index contributed by atoms with van der Waals surface area (Å²) >= 11 is 1.68. The van der Waals surface area contributed by atoms with Crippen molar-refractivity contribution in [3.05, 3.63) is 22.4 Å². The van der Waals surface area contributed by atoms with Gasteiger partial charge >= 0.3 is 0 Å². The first-order valence-corrected chi connectivity index (χ1v) is 7.51. The van der Waals surface area contributed by atoms with Crippen LogP contribution in [0.3, 0.4) is 0 Å². The van der Waals surface area contributed by atoms with Gasteiger partial charge in [-0.3, -0.25) is 0 Å². The van der Waals surface area contributed by atoms with Gasteiger partial charge in [-0.05, 0) is 31.2 Å². The van der Waals surface area contributed by atoms with Crippen LogP contribution in [0.25, 0.3) is 0 Å². The standard InChI is InChI=1S/C14H25NO2S/c1-4-14(3,5-2)15-9-12(16)10-17-11-13-7-6-8-18-13/h6-8,12,15-16H,4-5,9-11H2,1-3H3. The molecule has 0 bridgehead atoms. The van der Waals surface area contributed by atoms with Crippen LogP contribution in [0, 0.1) is 0 Å². The Hall–Kier alpha value is -0.420. The molecule has 104 valence electrons. The van der Waals surface area contributed by atoms with E-state index in [0.717, 1.165) is 12.8 Å². The molecule has 1 aromatic rings. The van der Waals surface area contributed by atoms with E-state index >= 15 is 0 Å². The van der Waals surface area contributed by atoms with Crippen LogP contribution in [0.5, 0.6) is 0 Å². The molecule has 1 aromatic heterocycles. The second kappa shape index (κ2) is 7.89. The van der Waals surface area contributed by atoms with Gasteiger partial charge in [0.25, 0.3) is 0 Å². The third-order valence-corrected chi connectivity index (χ3v) is 4.31. The molecular formula is C14H25NO2S. The van der Waals surface area contributed by atoms with Crippen molar-refractivity contribution in [2.45, 2.75) is 51.9 Å². The van der Waals surface area contributed by atoms with Gasteiger partial charge < -0.3 is 15.2 Å². The van der Waals surface area contributed by atoms with Crippen molar-refractivity contribution in [1.82, 2.24) is 5.32 Å². The van der Waals surface area contributed by atoms with Gasteiger partial charge in [0.2, 0.25) is 0 Å². The summed E-state index contributed by atoms with van der Waals surface area (Å²) in [5, 5.41) is 15.3. The first-order chi connectivity index (χ1) is 8.59. The summed E-state index contributed by atoms with van der Waals surface area (Å²) in [6, 6.07) is 4.05. The minimum atomic E-state index is -0.442. The van der Waals surface area contributed by atoms with Gasteiger partial charge in [0.15, 0.2) is 0 Å². The number of hydrogen-bond acceptors (Lipinski definition) is 4. The molecule has 0 amide bonds. The number of aliphatic hydroxyl groups is 1. The van der Waals surface area contributed by atoms with E-state index in [4.69, 9.17) is 4.74 Å². The maximum absolute atomic E-state index is 9.85. The van der Waals surface area contributed by atoms with Gasteiger partial charge in [-0.2, -0.15) is 0 Å². The highest BCUT2D eigenvalue weighted by Gasteiger charge is 2.19. The normalized spacial score (nSPS) is 13.8. The third-order valence-electron chi connectivity index (χ3n) is 3.46. The molecule has 18 heavy (non-hydrogen) atoms. The van der Waals surface area contributed by atoms with E-state index in [1.54, 1.807) is 11.3 Å². The van der Waals surface area contributed by atoms with Crippen LogP contribution >= 0.6 is 11.3 Å². The van der Waals surface area contributed by atoms with Crippen molar-refractivity contribution < 1.29 is 9.84 Å². The minimum absolute atomic E-state index is 0.120. The van der Waals surface area contributed by atoms with E-state index in [0.29, 0.717) is 19.8 Å². The lowest BCUT2D eigenvalue weighted by Crippen LogP contribution is -2.45. The Morgan fingerprint density at radius 1 is 1.44 bits per heavy atom. The number of hydrogen-bond donors (Lipinski definition) is 2. The minimum Gasteiger partial charge on any atom is -0.389 e. The lowest BCUT2D eigenvalue weighted by molar-refractivity contribution is 0.0259. The van der Waals surface area contributed by atoms with E-state index in [-0.39, 0.29) is 5.54 Å². The largest absolute Gasteiger partial charge is 0.389 e. The van der Waals surface area contributed by atoms with Crippen LogP contribution < -0.4 is 5.32 Å². The molecule has 0 radical (unpaired) electrons. The highest BCUT2D eigenvalue weighted by atomic mass is 32.1. The highest BCUT2D eigenvalue weighted by molar-refractivity contribution is 7.09. The summed E-state index contributed by atoms with van der Waals surface area (Å²) in [5.74, 6) is 0. The van der Waals surface area contributed by atoms with Gasteiger partial charge in [-0.1, -0.05) is 19.9 Å². The third kappa shape index (κ3) is 5.48. The van der Waals surface area contributed by atoms with Crippen molar-refractivity contribution in [2.24, 2.45) is 0 Å². The Labute approximate surface area is 114 Å². The predicted octanol–water partition coefficient (Wildman–Crippen LogP) is 2.79. The molecule has 1 unspecified atom stereocenters. The molecule has 2 N–H and O–H groups in total. The SMILES string of the molecule is CCC(C)(CC)NCC(O)COCc1cccs1. The summed E-state index contributed by atoms with van der Waals surface area (Å²) in [6.07, 6.45) is 1.68. The van der Waals surface area contributed by atoms with Crippen LogP contribution in [0.15, 0.2) is 17.5 Å². The summed E-state index contributed by atoms with van der Waals surface area (Å²) in [7, 11) is 0. The fourth-order valence-corrected chi connectivity index (χ4v) is 2.25. The van der Waals surface area contributed by atoms with Crippen molar-refractivity contribution in [3.63, 3.8) is 0 Å². The number of β-amino-alcohol motifs (C(OH)–C–C–N with tert-alkyl or cyclic N) is 1. The molecule has 3 nitrogen and oxygen atoms in total. The number of rotatable bonds is 9. The van der Waals surface area contributed by atoms with E-state index < -0.39 is 6.10 Å². The summed E-state index contributed by atoms with van der Waals surface area (Å²) < 4.78 is 5.49. The molecule has 0 aliphatic heterocycles. The maximum atomic E-state index is 9.85. The van der Waals surface area contributed by atoms with E-state index in [2.05, 4.69) is 26.1 Å². The summed E-state index contributed by atoms with van der Waals surface area (Å²) in [5.41, 5.74) is 0.120. The van der Waals surface area contributed by atoms with Gasteiger partial charge in [-0.25, -0.2) is 0 Å².